The SMILES string of the molecule is Cn1c(=O)c2c(O)c([N+](=O)[O-])c(=O)oc2c2ccccc21. The summed E-state index contributed by atoms with van der Waals surface area (Å²) in [6.07, 6.45) is 0. The van der Waals surface area contributed by atoms with Crippen molar-refractivity contribution in [3.05, 3.63) is 55.2 Å². The van der Waals surface area contributed by atoms with E-state index in [-0.39, 0.29) is 11.0 Å². The Balaban J connectivity index is 2.73. The normalized spacial score (nSPS) is 11.1. The van der Waals surface area contributed by atoms with Crippen LogP contribution in [0.1, 0.15) is 0 Å². The molecule has 0 amide bonds. The molecule has 1 aromatic carbocycles. The fraction of sp³-hybridized carbons (Fsp3) is 0.0769. The van der Waals surface area contributed by atoms with Crippen molar-refractivity contribution in [3.8, 4) is 5.75 Å². The highest BCUT2D eigenvalue weighted by Gasteiger charge is 2.27. The smallest absolute Gasteiger partial charge is 0.419 e. The first-order valence-corrected chi connectivity index (χ1v) is 5.85. The minimum atomic E-state index is -1.30. The molecule has 0 saturated carbocycles. The summed E-state index contributed by atoms with van der Waals surface area (Å²) in [6.45, 7) is 0. The lowest BCUT2D eigenvalue weighted by molar-refractivity contribution is -0.388. The van der Waals surface area contributed by atoms with Gasteiger partial charge in [-0.25, -0.2) is 4.79 Å². The Morgan fingerprint density at radius 3 is 2.62 bits per heavy atom. The lowest BCUT2D eigenvalue weighted by Gasteiger charge is -2.08. The van der Waals surface area contributed by atoms with Crippen molar-refractivity contribution in [3.63, 3.8) is 0 Å². The molecule has 0 atom stereocenters. The fourth-order valence-corrected chi connectivity index (χ4v) is 2.30. The van der Waals surface area contributed by atoms with Gasteiger partial charge in [-0.3, -0.25) is 14.9 Å². The van der Waals surface area contributed by atoms with Crippen LogP contribution in [0.3, 0.4) is 0 Å². The van der Waals surface area contributed by atoms with Crippen LogP contribution in [-0.2, 0) is 7.05 Å². The molecule has 0 saturated heterocycles. The van der Waals surface area contributed by atoms with E-state index in [1.807, 2.05) is 0 Å². The first-order chi connectivity index (χ1) is 9.93. The highest BCUT2D eigenvalue weighted by molar-refractivity contribution is 6.04. The molecule has 8 nitrogen and oxygen atoms in total. The minimum absolute atomic E-state index is 0.165. The quantitative estimate of drug-likeness (QED) is 0.409. The number of hydrogen-bond acceptors (Lipinski definition) is 6. The van der Waals surface area contributed by atoms with Crippen LogP contribution in [0.5, 0.6) is 5.75 Å². The summed E-state index contributed by atoms with van der Waals surface area (Å²) in [5.74, 6) is -0.974. The summed E-state index contributed by atoms with van der Waals surface area (Å²) in [6, 6.07) is 6.57. The topological polar surface area (TPSA) is 116 Å². The van der Waals surface area contributed by atoms with Crippen molar-refractivity contribution in [2.75, 3.05) is 0 Å². The summed E-state index contributed by atoms with van der Waals surface area (Å²) in [5.41, 5.74) is -2.82. The van der Waals surface area contributed by atoms with Gasteiger partial charge in [0.05, 0.1) is 10.4 Å². The van der Waals surface area contributed by atoms with Crippen LogP contribution in [0.2, 0.25) is 0 Å². The van der Waals surface area contributed by atoms with Crippen LogP contribution < -0.4 is 11.2 Å². The largest absolute Gasteiger partial charge is 0.501 e. The van der Waals surface area contributed by atoms with Crippen LogP contribution in [0.25, 0.3) is 21.9 Å². The van der Waals surface area contributed by atoms with Crippen LogP contribution in [0.4, 0.5) is 5.69 Å². The molecule has 3 rings (SSSR count). The molecular formula is C13H8N2O6. The maximum Gasteiger partial charge on any atom is 0.419 e. The third-order valence-electron chi connectivity index (χ3n) is 3.29. The molecule has 8 heteroatoms. The number of rotatable bonds is 1. The number of nitrogens with zero attached hydrogens (tertiary/aromatic N) is 2. The van der Waals surface area contributed by atoms with Crippen LogP contribution in [0, 0.1) is 10.1 Å². The third-order valence-corrected chi connectivity index (χ3v) is 3.29. The van der Waals surface area contributed by atoms with Gasteiger partial charge < -0.3 is 14.1 Å². The molecular weight excluding hydrogens is 280 g/mol. The zero-order valence-corrected chi connectivity index (χ0v) is 10.7. The molecule has 106 valence electrons. The van der Waals surface area contributed by atoms with E-state index in [1.54, 1.807) is 24.3 Å². The van der Waals surface area contributed by atoms with Crippen molar-refractivity contribution in [1.29, 1.82) is 0 Å². The molecule has 2 aromatic heterocycles. The van der Waals surface area contributed by atoms with Gasteiger partial charge in [-0.2, -0.15) is 0 Å². The van der Waals surface area contributed by atoms with Gasteiger partial charge in [-0.15, -0.1) is 0 Å². The first-order valence-electron chi connectivity index (χ1n) is 5.85. The molecule has 21 heavy (non-hydrogen) atoms. The molecule has 1 N–H and O–H groups in total. The molecule has 0 bridgehead atoms. The Morgan fingerprint density at radius 2 is 1.95 bits per heavy atom. The zero-order chi connectivity index (χ0) is 15.3. The van der Waals surface area contributed by atoms with Gasteiger partial charge in [0.15, 0.2) is 5.58 Å². The van der Waals surface area contributed by atoms with E-state index in [0.29, 0.717) is 10.9 Å². The fourth-order valence-electron chi connectivity index (χ4n) is 2.30. The average molecular weight is 288 g/mol. The number of aromatic hydroxyl groups is 1. The Bertz CT molecular complexity index is 1030. The van der Waals surface area contributed by atoms with Gasteiger partial charge in [0, 0.05) is 12.4 Å². The Kier molecular flexibility index (Phi) is 2.55. The molecule has 0 aliphatic rings. The van der Waals surface area contributed by atoms with E-state index in [1.165, 1.54) is 11.6 Å². The van der Waals surface area contributed by atoms with Crippen LogP contribution in [-0.4, -0.2) is 14.6 Å². The van der Waals surface area contributed by atoms with E-state index in [2.05, 4.69) is 0 Å². The van der Waals surface area contributed by atoms with E-state index in [9.17, 15) is 24.8 Å². The molecule has 0 aliphatic heterocycles. The number of nitro groups is 1. The summed E-state index contributed by atoms with van der Waals surface area (Å²) in [4.78, 5) is 33.7. The molecule has 0 spiro atoms. The van der Waals surface area contributed by atoms with Crippen molar-refractivity contribution >= 4 is 27.6 Å². The van der Waals surface area contributed by atoms with Crippen molar-refractivity contribution in [2.24, 2.45) is 7.05 Å². The molecule has 2 heterocycles. The summed E-state index contributed by atoms with van der Waals surface area (Å²) in [7, 11) is 1.46. The zero-order valence-electron chi connectivity index (χ0n) is 10.7. The summed E-state index contributed by atoms with van der Waals surface area (Å²) in [5, 5.41) is 20.8. The van der Waals surface area contributed by atoms with Gasteiger partial charge in [-0.1, -0.05) is 12.1 Å². The predicted octanol–water partition coefficient (Wildman–Crippen LogP) is 1.26. The maximum atomic E-state index is 12.3. The third kappa shape index (κ3) is 1.62. The standard InChI is InChI=1S/C13H8N2O6/c1-14-7-5-3-2-4-6(7)11-8(12(14)17)10(16)9(15(19)20)13(18)21-11/h2-5,16H,1H3. The first kappa shape index (κ1) is 12.9. The highest BCUT2D eigenvalue weighted by atomic mass is 16.6. The van der Waals surface area contributed by atoms with Crippen LogP contribution in [0.15, 0.2) is 38.3 Å². The van der Waals surface area contributed by atoms with Crippen LogP contribution >= 0.6 is 0 Å². The molecule has 0 fully saturated rings. The summed E-state index contributed by atoms with van der Waals surface area (Å²) >= 11 is 0. The van der Waals surface area contributed by atoms with E-state index in [4.69, 9.17) is 4.42 Å². The number of para-hydroxylation sites is 1. The van der Waals surface area contributed by atoms with Gasteiger partial charge in [0.1, 0.15) is 5.39 Å². The lowest BCUT2D eigenvalue weighted by Crippen LogP contribution is -2.19. The number of fused-ring (bicyclic) bond motifs is 3. The summed E-state index contributed by atoms with van der Waals surface area (Å²) < 4.78 is 6.14. The van der Waals surface area contributed by atoms with E-state index < -0.39 is 27.5 Å². The second-order valence-electron chi connectivity index (χ2n) is 4.43. The predicted molar refractivity (Wildman–Crippen MR) is 73.6 cm³/mol. The van der Waals surface area contributed by atoms with Gasteiger partial charge in [0.25, 0.3) is 5.56 Å². The Labute approximate surface area is 115 Å². The number of hydrogen-bond donors (Lipinski definition) is 1. The Hall–Kier alpha value is -3.16. The molecule has 0 aliphatic carbocycles. The lowest BCUT2D eigenvalue weighted by atomic mass is 10.1. The average Bonchev–Trinajstić information content (AvgIpc) is 2.44. The van der Waals surface area contributed by atoms with Gasteiger partial charge in [0.2, 0.25) is 5.75 Å². The monoisotopic (exact) mass is 288 g/mol. The van der Waals surface area contributed by atoms with Crippen molar-refractivity contribution < 1.29 is 14.4 Å². The minimum Gasteiger partial charge on any atom is -0.501 e. The van der Waals surface area contributed by atoms with Crippen molar-refractivity contribution in [2.45, 2.75) is 0 Å². The second-order valence-corrected chi connectivity index (χ2v) is 4.43. The highest BCUT2D eigenvalue weighted by Crippen LogP contribution is 2.32. The van der Waals surface area contributed by atoms with E-state index >= 15 is 0 Å². The van der Waals surface area contributed by atoms with Gasteiger partial charge >= 0.3 is 11.3 Å². The Morgan fingerprint density at radius 1 is 1.29 bits per heavy atom. The van der Waals surface area contributed by atoms with Crippen molar-refractivity contribution in [1.82, 2.24) is 4.57 Å². The number of benzene rings is 1. The number of aryl methyl sites for hydroxylation is 1. The molecule has 3 aromatic rings. The molecule has 0 radical (unpaired) electrons. The van der Waals surface area contributed by atoms with Gasteiger partial charge in [-0.05, 0) is 12.1 Å². The molecule has 0 unspecified atom stereocenters. The maximum absolute atomic E-state index is 12.3. The van der Waals surface area contributed by atoms with E-state index in [0.717, 1.165) is 0 Å². The number of aromatic nitrogens is 1. The number of pyridine rings is 1. The second kappa shape index (κ2) is 4.17.